The van der Waals surface area contributed by atoms with Gasteiger partial charge in [-0.2, -0.15) is 10.4 Å². The zero-order valence-electron chi connectivity index (χ0n) is 13.3. The molecule has 6 nitrogen and oxygen atoms in total. The Morgan fingerprint density at radius 3 is 2.75 bits per heavy atom. The summed E-state index contributed by atoms with van der Waals surface area (Å²) >= 11 is 0. The topological polar surface area (TPSA) is 103 Å². The highest BCUT2D eigenvalue weighted by Gasteiger charge is 2.33. The van der Waals surface area contributed by atoms with E-state index in [4.69, 9.17) is 5.73 Å². The molecular formula is C18H20N6. The second kappa shape index (κ2) is 6.02. The second-order valence-electron chi connectivity index (χ2n) is 6.34. The maximum absolute atomic E-state index is 9.49. The van der Waals surface area contributed by atoms with Gasteiger partial charge in [0.2, 0.25) is 0 Å². The van der Waals surface area contributed by atoms with Gasteiger partial charge in [-0.15, -0.1) is 0 Å². The molecule has 0 radical (unpaired) electrons. The van der Waals surface area contributed by atoms with Crippen LogP contribution in [0.5, 0.6) is 0 Å². The van der Waals surface area contributed by atoms with Gasteiger partial charge in [-0.05, 0) is 37.6 Å². The number of nitrogens with zero attached hydrogens (tertiary/aromatic N) is 2. The first kappa shape index (κ1) is 14.8. The van der Waals surface area contributed by atoms with Gasteiger partial charge in [0.15, 0.2) is 5.82 Å². The standard InChI is InChI=1S/C18H20N6/c19-9-12-3-1-2-4-13(12)15-14-10-22-24-18(14)23-17(16(15)20)11-5-7-21-8-6-11/h1-4,10-11,15,21H,5-8,20H2,(H2,22,23,24). The molecule has 4 rings (SSSR count). The average Bonchev–Trinajstić information content (AvgIpc) is 3.10. The van der Waals surface area contributed by atoms with Crippen LogP contribution in [0.25, 0.3) is 0 Å². The Hall–Kier alpha value is -2.78. The fourth-order valence-electron chi connectivity index (χ4n) is 3.78. The number of nitrogens with two attached hydrogens (primary N) is 1. The van der Waals surface area contributed by atoms with Gasteiger partial charge in [-0.3, -0.25) is 5.10 Å². The van der Waals surface area contributed by atoms with Crippen molar-refractivity contribution in [1.82, 2.24) is 15.5 Å². The maximum Gasteiger partial charge on any atom is 0.156 e. The van der Waals surface area contributed by atoms with Crippen LogP contribution in [0.2, 0.25) is 0 Å². The molecule has 122 valence electrons. The van der Waals surface area contributed by atoms with Crippen molar-refractivity contribution in [3.63, 3.8) is 0 Å². The molecule has 3 heterocycles. The third-order valence-corrected chi connectivity index (χ3v) is 5.00. The third-order valence-electron chi connectivity index (χ3n) is 5.00. The van der Waals surface area contributed by atoms with E-state index in [1.807, 2.05) is 30.5 Å². The molecule has 2 aromatic rings. The lowest BCUT2D eigenvalue weighted by molar-refractivity contribution is 0.416. The Balaban J connectivity index is 1.84. The molecule has 1 atom stereocenters. The summed E-state index contributed by atoms with van der Waals surface area (Å²) < 4.78 is 0. The minimum atomic E-state index is -0.138. The van der Waals surface area contributed by atoms with Crippen molar-refractivity contribution in [3.05, 3.63) is 58.5 Å². The molecule has 5 N–H and O–H groups in total. The quantitative estimate of drug-likeness (QED) is 0.678. The molecule has 1 saturated heterocycles. The predicted molar refractivity (Wildman–Crippen MR) is 92.0 cm³/mol. The fourth-order valence-corrected chi connectivity index (χ4v) is 3.78. The van der Waals surface area contributed by atoms with E-state index in [9.17, 15) is 5.26 Å². The lowest BCUT2D eigenvalue weighted by Crippen LogP contribution is -2.34. The number of fused-ring (bicyclic) bond motifs is 1. The predicted octanol–water partition coefficient (Wildman–Crippen LogP) is 2.01. The number of allylic oxidation sites excluding steroid dienone is 2. The van der Waals surface area contributed by atoms with Gasteiger partial charge < -0.3 is 16.4 Å². The number of aromatic amines is 1. The summed E-state index contributed by atoms with van der Waals surface area (Å²) in [5.74, 6) is 1.07. The first-order valence-electron chi connectivity index (χ1n) is 8.29. The van der Waals surface area contributed by atoms with Crippen molar-refractivity contribution >= 4 is 5.82 Å². The SMILES string of the molecule is N#Cc1ccccc1C1C(N)=C(C2CCNCC2)Nc2n[nH]cc21. The zero-order valence-corrected chi connectivity index (χ0v) is 13.3. The van der Waals surface area contributed by atoms with E-state index in [0.717, 1.165) is 54.3 Å². The molecular weight excluding hydrogens is 300 g/mol. The smallest absolute Gasteiger partial charge is 0.156 e. The molecule has 0 bridgehead atoms. The summed E-state index contributed by atoms with van der Waals surface area (Å²) in [7, 11) is 0. The molecule has 24 heavy (non-hydrogen) atoms. The summed E-state index contributed by atoms with van der Waals surface area (Å²) in [4.78, 5) is 0. The van der Waals surface area contributed by atoms with Gasteiger partial charge in [0.1, 0.15) is 0 Å². The number of nitrogens with one attached hydrogen (secondary N) is 3. The van der Waals surface area contributed by atoms with Crippen LogP contribution in [0.15, 0.2) is 41.9 Å². The Labute approximate surface area is 140 Å². The average molecular weight is 320 g/mol. The lowest BCUT2D eigenvalue weighted by atomic mass is 9.81. The van der Waals surface area contributed by atoms with Crippen molar-refractivity contribution in [2.45, 2.75) is 18.8 Å². The van der Waals surface area contributed by atoms with Gasteiger partial charge in [0.25, 0.3) is 0 Å². The number of aromatic nitrogens is 2. The van der Waals surface area contributed by atoms with Crippen LogP contribution in [0.3, 0.4) is 0 Å². The van der Waals surface area contributed by atoms with Crippen LogP contribution in [0.4, 0.5) is 5.82 Å². The first-order chi connectivity index (χ1) is 11.8. The Morgan fingerprint density at radius 1 is 1.17 bits per heavy atom. The number of H-pyrrole nitrogens is 1. The summed E-state index contributed by atoms with van der Waals surface area (Å²) in [6.45, 7) is 1.99. The van der Waals surface area contributed by atoms with E-state index in [1.165, 1.54) is 0 Å². The number of hydrogen-bond acceptors (Lipinski definition) is 5. The van der Waals surface area contributed by atoms with Crippen LogP contribution >= 0.6 is 0 Å². The van der Waals surface area contributed by atoms with E-state index < -0.39 is 0 Å². The first-order valence-corrected chi connectivity index (χ1v) is 8.29. The highest BCUT2D eigenvalue weighted by molar-refractivity contribution is 5.63. The number of hydrogen-bond donors (Lipinski definition) is 4. The second-order valence-corrected chi connectivity index (χ2v) is 6.34. The maximum atomic E-state index is 9.49. The fraction of sp³-hybridized carbons (Fsp3) is 0.333. The third kappa shape index (κ3) is 2.34. The van der Waals surface area contributed by atoms with E-state index in [2.05, 4.69) is 26.9 Å². The van der Waals surface area contributed by atoms with Gasteiger partial charge in [-0.1, -0.05) is 18.2 Å². The van der Waals surface area contributed by atoms with Gasteiger partial charge in [0, 0.05) is 29.1 Å². The highest BCUT2D eigenvalue weighted by Crippen LogP contribution is 2.42. The lowest BCUT2D eigenvalue weighted by Gasteiger charge is -2.33. The molecule has 2 aliphatic rings. The largest absolute Gasteiger partial charge is 0.400 e. The molecule has 2 aliphatic heterocycles. The van der Waals surface area contributed by atoms with Crippen LogP contribution in [-0.2, 0) is 0 Å². The van der Waals surface area contributed by atoms with Crippen LogP contribution in [0.1, 0.15) is 35.4 Å². The van der Waals surface area contributed by atoms with Crippen LogP contribution in [0, 0.1) is 17.2 Å². The van der Waals surface area contributed by atoms with Crippen molar-refractivity contribution in [1.29, 1.82) is 5.26 Å². The monoisotopic (exact) mass is 320 g/mol. The van der Waals surface area contributed by atoms with E-state index in [1.54, 1.807) is 0 Å². The Morgan fingerprint density at radius 2 is 1.96 bits per heavy atom. The van der Waals surface area contributed by atoms with Crippen LogP contribution in [-0.4, -0.2) is 23.3 Å². The van der Waals surface area contributed by atoms with Crippen molar-refractivity contribution in [2.75, 3.05) is 18.4 Å². The Kier molecular flexibility index (Phi) is 3.71. The molecule has 1 aromatic carbocycles. The Bertz CT molecular complexity index is 822. The highest BCUT2D eigenvalue weighted by atomic mass is 15.2. The number of anilines is 1. The molecule has 1 unspecified atom stereocenters. The number of benzene rings is 1. The van der Waals surface area contributed by atoms with Crippen LogP contribution < -0.4 is 16.4 Å². The van der Waals surface area contributed by atoms with E-state index in [-0.39, 0.29) is 5.92 Å². The summed E-state index contributed by atoms with van der Waals surface area (Å²) in [5, 5.41) is 23.6. The van der Waals surface area contributed by atoms with E-state index in [0.29, 0.717) is 11.5 Å². The summed E-state index contributed by atoms with van der Waals surface area (Å²) in [6, 6.07) is 9.95. The van der Waals surface area contributed by atoms with Gasteiger partial charge >= 0.3 is 0 Å². The van der Waals surface area contributed by atoms with E-state index >= 15 is 0 Å². The minimum Gasteiger partial charge on any atom is -0.400 e. The summed E-state index contributed by atoms with van der Waals surface area (Å²) in [5.41, 5.74) is 11.1. The molecule has 1 fully saturated rings. The van der Waals surface area contributed by atoms with Gasteiger partial charge in [0.05, 0.1) is 17.6 Å². The summed E-state index contributed by atoms with van der Waals surface area (Å²) in [6.07, 6.45) is 3.97. The molecule has 0 saturated carbocycles. The molecule has 0 aliphatic carbocycles. The van der Waals surface area contributed by atoms with Crippen molar-refractivity contribution in [3.8, 4) is 6.07 Å². The van der Waals surface area contributed by atoms with Crippen molar-refractivity contribution < 1.29 is 0 Å². The molecule has 1 aromatic heterocycles. The zero-order chi connectivity index (χ0) is 16.5. The molecule has 6 heteroatoms. The van der Waals surface area contributed by atoms with Gasteiger partial charge in [-0.25, -0.2) is 0 Å². The number of rotatable bonds is 2. The minimum absolute atomic E-state index is 0.138. The molecule has 0 amide bonds. The normalized spacial score (nSPS) is 21.0. The number of nitriles is 1. The van der Waals surface area contributed by atoms with Crippen molar-refractivity contribution in [2.24, 2.45) is 11.7 Å². The molecule has 0 spiro atoms. The number of piperidine rings is 1.